The summed E-state index contributed by atoms with van der Waals surface area (Å²) < 4.78 is 2.13. The van der Waals surface area contributed by atoms with Gasteiger partial charge >= 0.3 is 6.03 Å². The van der Waals surface area contributed by atoms with Crippen LogP contribution in [-0.2, 0) is 19.9 Å². The van der Waals surface area contributed by atoms with Crippen LogP contribution in [0.4, 0.5) is 9.93 Å². The van der Waals surface area contributed by atoms with Gasteiger partial charge in [-0.25, -0.2) is 9.78 Å². The van der Waals surface area contributed by atoms with Crippen molar-refractivity contribution < 1.29 is 4.79 Å². The average Bonchev–Trinajstić information content (AvgIpc) is 2.92. The molecule has 2 heterocycles. The number of hydrogen-bond donors (Lipinski definition) is 2. The van der Waals surface area contributed by atoms with Gasteiger partial charge in [0, 0.05) is 19.8 Å². The van der Waals surface area contributed by atoms with E-state index in [1.54, 1.807) is 11.3 Å². The van der Waals surface area contributed by atoms with Gasteiger partial charge < -0.3 is 9.88 Å². The molecule has 5 nitrogen and oxygen atoms in total. The van der Waals surface area contributed by atoms with E-state index in [0.717, 1.165) is 18.5 Å². The fourth-order valence-corrected chi connectivity index (χ4v) is 3.53. The Morgan fingerprint density at radius 2 is 2.37 bits per heavy atom. The van der Waals surface area contributed by atoms with Gasteiger partial charge in [0.2, 0.25) is 0 Å². The molecule has 0 atom stereocenters. The Balaban J connectivity index is 1.92. The highest BCUT2D eigenvalue weighted by molar-refractivity contribution is 7.19. The highest BCUT2D eigenvalue weighted by atomic mass is 32.1. The third kappa shape index (κ3) is 2.12. The van der Waals surface area contributed by atoms with E-state index in [-0.39, 0.29) is 6.03 Å². The number of nitrogens with one attached hydrogen (secondary N) is 2. The first-order valence-corrected chi connectivity index (χ1v) is 7.19. The van der Waals surface area contributed by atoms with Crippen molar-refractivity contribution in [3.8, 4) is 10.6 Å². The summed E-state index contributed by atoms with van der Waals surface area (Å²) in [7, 11) is 2.05. The monoisotopic (exact) mass is 276 g/mol. The fourth-order valence-electron chi connectivity index (χ4n) is 2.40. The molecule has 0 aliphatic heterocycles. The second-order valence-electron chi connectivity index (χ2n) is 4.58. The Labute approximate surface area is 115 Å². The molecule has 100 valence electrons. The zero-order chi connectivity index (χ0) is 13.4. The summed E-state index contributed by atoms with van der Waals surface area (Å²) in [4.78, 5) is 17.2. The average molecular weight is 276 g/mol. The maximum atomic E-state index is 11.5. The lowest BCUT2D eigenvalue weighted by Crippen LogP contribution is -2.28. The molecule has 0 saturated carbocycles. The minimum atomic E-state index is -0.194. The molecule has 0 bridgehead atoms. The number of aryl methyl sites for hydroxylation is 3. The van der Waals surface area contributed by atoms with E-state index in [1.807, 2.05) is 14.0 Å². The summed E-state index contributed by atoms with van der Waals surface area (Å²) in [6, 6.07) is 1.97. The van der Waals surface area contributed by atoms with Crippen LogP contribution in [0.15, 0.2) is 12.3 Å². The van der Waals surface area contributed by atoms with Crippen molar-refractivity contribution >= 4 is 22.5 Å². The number of anilines is 1. The van der Waals surface area contributed by atoms with Gasteiger partial charge in [0.15, 0.2) is 5.13 Å². The second kappa shape index (κ2) is 4.70. The summed E-state index contributed by atoms with van der Waals surface area (Å²) in [6.45, 7) is 2.50. The summed E-state index contributed by atoms with van der Waals surface area (Å²) in [5, 5.41) is 6.17. The van der Waals surface area contributed by atoms with Crippen LogP contribution < -0.4 is 10.6 Å². The van der Waals surface area contributed by atoms with Gasteiger partial charge in [-0.15, -0.1) is 0 Å². The van der Waals surface area contributed by atoms with Crippen molar-refractivity contribution in [2.24, 2.45) is 7.05 Å². The van der Waals surface area contributed by atoms with E-state index >= 15 is 0 Å². The van der Waals surface area contributed by atoms with Gasteiger partial charge in [-0.2, -0.15) is 0 Å². The lowest BCUT2D eigenvalue weighted by atomic mass is 10.0. The van der Waals surface area contributed by atoms with E-state index < -0.39 is 0 Å². The van der Waals surface area contributed by atoms with E-state index in [4.69, 9.17) is 0 Å². The maximum absolute atomic E-state index is 11.5. The molecule has 0 spiro atoms. The number of carbonyl (C=O) groups is 1. The summed E-state index contributed by atoms with van der Waals surface area (Å²) in [6.07, 6.45) is 4.05. The number of carbonyl (C=O) groups excluding carboxylic acids is 1. The van der Waals surface area contributed by atoms with Crippen molar-refractivity contribution in [2.45, 2.75) is 19.8 Å². The number of urea groups is 1. The minimum Gasteiger partial charge on any atom is -0.350 e. The van der Waals surface area contributed by atoms with Crippen molar-refractivity contribution in [3.63, 3.8) is 0 Å². The second-order valence-corrected chi connectivity index (χ2v) is 5.58. The molecule has 6 heteroatoms. The molecule has 0 fully saturated rings. The predicted molar refractivity (Wildman–Crippen MR) is 76.6 cm³/mol. The standard InChI is InChI=1S/C13H16N4OS/c1-3-14-12(18)16-13-15-9-5-4-8-6-7-17(2)10(8)11(9)19-13/h6-7H,3-5H2,1-2H3,(H2,14,15,16,18). The Bertz CT molecular complexity index is 629. The SMILES string of the molecule is CCNC(=O)Nc1nc2c(s1)-c1c(ccn1C)CC2. The van der Waals surface area contributed by atoms with Crippen LogP contribution in [0.3, 0.4) is 0 Å². The lowest BCUT2D eigenvalue weighted by Gasteiger charge is -2.12. The smallest absolute Gasteiger partial charge is 0.321 e. The molecule has 3 rings (SSSR count). The van der Waals surface area contributed by atoms with Gasteiger partial charge in [0.05, 0.1) is 16.3 Å². The molecule has 2 N–H and O–H groups in total. The van der Waals surface area contributed by atoms with Crippen LogP contribution in [0.5, 0.6) is 0 Å². The number of thiazole rings is 1. The van der Waals surface area contributed by atoms with Crippen LogP contribution in [0.25, 0.3) is 10.6 Å². The molecule has 0 radical (unpaired) electrons. The van der Waals surface area contributed by atoms with Crippen LogP contribution in [0.1, 0.15) is 18.2 Å². The first-order chi connectivity index (χ1) is 9.19. The topological polar surface area (TPSA) is 59.0 Å². The van der Waals surface area contributed by atoms with E-state index in [0.29, 0.717) is 11.7 Å². The van der Waals surface area contributed by atoms with E-state index in [2.05, 4.69) is 32.4 Å². The third-order valence-electron chi connectivity index (χ3n) is 3.26. The first kappa shape index (κ1) is 12.2. The molecule has 0 aromatic carbocycles. The molecular formula is C13H16N4OS. The number of rotatable bonds is 2. The van der Waals surface area contributed by atoms with Gasteiger partial charge in [-0.3, -0.25) is 5.32 Å². The quantitative estimate of drug-likeness (QED) is 0.885. The Morgan fingerprint density at radius 1 is 1.53 bits per heavy atom. The molecule has 0 unspecified atom stereocenters. The fraction of sp³-hybridized carbons (Fsp3) is 0.385. The lowest BCUT2D eigenvalue weighted by molar-refractivity contribution is 0.252. The first-order valence-electron chi connectivity index (χ1n) is 6.38. The van der Waals surface area contributed by atoms with Gasteiger partial charge in [-0.05, 0) is 31.4 Å². The predicted octanol–water partition coefficient (Wildman–Crippen LogP) is 2.39. The largest absolute Gasteiger partial charge is 0.350 e. The van der Waals surface area contributed by atoms with Crippen molar-refractivity contribution in [1.29, 1.82) is 0 Å². The molecule has 1 aliphatic rings. The number of hydrogen-bond acceptors (Lipinski definition) is 3. The molecule has 0 saturated heterocycles. The summed E-state index contributed by atoms with van der Waals surface area (Å²) >= 11 is 1.55. The Hall–Kier alpha value is -1.82. The molecule has 19 heavy (non-hydrogen) atoms. The molecule has 2 amide bonds. The van der Waals surface area contributed by atoms with E-state index in [1.165, 1.54) is 16.1 Å². The third-order valence-corrected chi connectivity index (χ3v) is 4.28. The van der Waals surface area contributed by atoms with Crippen LogP contribution >= 0.6 is 11.3 Å². The van der Waals surface area contributed by atoms with Crippen molar-refractivity contribution in [2.75, 3.05) is 11.9 Å². The normalized spacial score (nSPS) is 12.7. The van der Waals surface area contributed by atoms with Crippen LogP contribution in [-0.4, -0.2) is 22.1 Å². The minimum absolute atomic E-state index is 0.194. The number of aromatic nitrogens is 2. The zero-order valence-electron chi connectivity index (χ0n) is 11.0. The molecule has 2 aromatic rings. The van der Waals surface area contributed by atoms with Gasteiger partial charge in [0.25, 0.3) is 0 Å². The number of amides is 2. The summed E-state index contributed by atoms with van der Waals surface area (Å²) in [5.74, 6) is 0. The molecule has 2 aromatic heterocycles. The van der Waals surface area contributed by atoms with Crippen molar-refractivity contribution in [3.05, 3.63) is 23.5 Å². The highest BCUT2D eigenvalue weighted by Crippen LogP contribution is 2.39. The Kier molecular flexibility index (Phi) is 3.02. The molecule has 1 aliphatic carbocycles. The number of fused-ring (bicyclic) bond motifs is 3. The van der Waals surface area contributed by atoms with Crippen molar-refractivity contribution in [1.82, 2.24) is 14.9 Å². The Morgan fingerprint density at radius 3 is 3.16 bits per heavy atom. The number of nitrogens with zero attached hydrogens (tertiary/aromatic N) is 2. The molecular weight excluding hydrogens is 260 g/mol. The van der Waals surface area contributed by atoms with Gasteiger partial charge in [0.1, 0.15) is 0 Å². The van der Waals surface area contributed by atoms with E-state index in [9.17, 15) is 4.79 Å². The van der Waals surface area contributed by atoms with Crippen LogP contribution in [0.2, 0.25) is 0 Å². The summed E-state index contributed by atoms with van der Waals surface area (Å²) in [5.41, 5.74) is 3.69. The van der Waals surface area contributed by atoms with Crippen LogP contribution in [0, 0.1) is 0 Å². The highest BCUT2D eigenvalue weighted by Gasteiger charge is 2.23. The van der Waals surface area contributed by atoms with Gasteiger partial charge in [-0.1, -0.05) is 11.3 Å². The maximum Gasteiger partial charge on any atom is 0.321 e. The zero-order valence-corrected chi connectivity index (χ0v) is 11.8.